The minimum atomic E-state index is 0.310. The monoisotopic (exact) mass is 328 g/mol. The standard InChI is InChI=1S/C21H32N2O/c1-2-24-19-14-12-18(13-15-19)21(17-9-6-7-10-17)23-20-11-5-3-4-8-16-22-20/h12-15,17,21H,2-11,16H2,1H3,(H,22,23). The van der Waals surface area contributed by atoms with Crippen molar-refractivity contribution in [2.75, 3.05) is 13.2 Å². The second-order valence-electron chi connectivity index (χ2n) is 7.16. The van der Waals surface area contributed by atoms with E-state index >= 15 is 0 Å². The number of amidine groups is 1. The van der Waals surface area contributed by atoms with Gasteiger partial charge in [0.2, 0.25) is 0 Å². The maximum Gasteiger partial charge on any atom is 0.119 e. The molecule has 1 saturated heterocycles. The molecule has 3 rings (SSSR count). The third-order valence-electron chi connectivity index (χ3n) is 5.34. The minimum Gasteiger partial charge on any atom is -0.494 e. The van der Waals surface area contributed by atoms with Crippen LogP contribution in [0.25, 0.3) is 0 Å². The van der Waals surface area contributed by atoms with E-state index < -0.39 is 0 Å². The molecule has 3 nitrogen and oxygen atoms in total. The Hall–Kier alpha value is -1.51. The van der Waals surface area contributed by atoms with E-state index in [0.29, 0.717) is 12.0 Å². The normalized spacial score (nSPS) is 22.6. The molecule has 1 aromatic rings. The summed E-state index contributed by atoms with van der Waals surface area (Å²) in [5.74, 6) is 2.89. The highest BCUT2D eigenvalue weighted by molar-refractivity contribution is 5.82. The second kappa shape index (κ2) is 9.10. The summed E-state index contributed by atoms with van der Waals surface area (Å²) in [5, 5.41) is 3.60. The van der Waals surface area contributed by atoms with E-state index in [0.717, 1.165) is 25.3 Å². The quantitative estimate of drug-likeness (QED) is 0.799. The van der Waals surface area contributed by atoms with Gasteiger partial charge in [0.1, 0.15) is 5.75 Å². The van der Waals surface area contributed by atoms with Crippen LogP contribution in [0.4, 0.5) is 0 Å². The molecule has 132 valence electrons. The summed E-state index contributed by atoms with van der Waals surface area (Å²) in [7, 11) is 0. The lowest BCUT2D eigenvalue weighted by atomic mass is 9.92. The van der Waals surface area contributed by atoms with Gasteiger partial charge in [-0.05, 0) is 56.2 Å². The maximum atomic E-state index is 5.60. The van der Waals surface area contributed by atoms with Crippen LogP contribution in [0.2, 0.25) is 0 Å². The van der Waals surface area contributed by atoms with Gasteiger partial charge in [0.25, 0.3) is 0 Å². The highest BCUT2D eigenvalue weighted by Crippen LogP contribution is 2.39. The lowest BCUT2D eigenvalue weighted by Gasteiger charge is -2.23. The van der Waals surface area contributed by atoms with E-state index in [1.54, 1.807) is 0 Å². The van der Waals surface area contributed by atoms with Crippen LogP contribution in [0.5, 0.6) is 5.75 Å². The zero-order valence-corrected chi connectivity index (χ0v) is 15.1. The number of rotatable bonds is 5. The third-order valence-corrected chi connectivity index (χ3v) is 5.34. The van der Waals surface area contributed by atoms with Crippen molar-refractivity contribution in [2.24, 2.45) is 10.9 Å². The molecule has 1 unspecified atom stereocenters. The van der Waals surface area contributed by atoms with Crippen molar-refractivity contribution < 1.29 is 4.74 Å². The third kappa shape index (κ3) is 4.75. The summed E-state index contributed by atoms with van der Waals surface area (Å²) in [6.45, 7) is 3.83. The molecular formula is C21H32N2O. The van der Waals surface area contributed by atoms with Crippen LogP contribution in [0, 0.1) is 5.92 Å². The van der Waals surface area contributed by atoms with Crippen LogP contribution < -0.4 is 10.1 Å². The van der Waals surface area contributed by atoms with E-state index in [1.807, 2.05) is 6.92 Å². The van der Waals surface area contributed by atoms with E-state index in [-0.39, 0.29) is 0 Å². The molecule has 2 aliphatic rings. The van der Waals surface area contributed by atoms with Crippen molar-refractivity contribution >= 4 is 5.84 Å². The number of nitrogens with zero attached hydrogens (tertiary/aromatic N) is 1. The average molecular weight is 329 g/mol. The first-order valence-corrected chi connectivity index (χ1v) is 9.90. The highest BCUT2D eigenvalue weighted by atomic mass is 16.5. The predicted octanol–water partition coefficient (Wildman–Crippen LogP) is 5.27. The first kappa shape index (κ1) is 17.3. The molecule has 2 fully saturated rings. The van der Waals surface area contributed by atoms with Crippen LogP contribution in [-0.2, 0) is 0 Å². The lowest BCUT2D eigenvalue weighted by Crippen LogP contribution is -2.27. The predicted molar refractivity (Wildman–Crippen MR) is 101 cm³/mol. The molecule has 0 bridgehead atoms. The Morgan fingerprint density at radius 1 is 1.04 bits per heavy atom. The van der Waals surface area contributed by atoms with Gasteiger partial charge >= 0.3 is 0 Å². The van der Waals surface area contributed by atoms with E-state index in [1.165, 1.54) is 62.8 Å². The number of hydrogen-bond acceptors (Lipinski definition) is 2. The van der Waals surface area contributed by atoms with Crippen LogP contribution >= 0.6 is 0 Å². The SMILES string of the molecule is CCOc1ccc(C(/N=C2\CCCCCCN2)C2CCCC2)cc1. The Kier molecular flexibility index (Phi) is 6.57. The van der Waals surface area contributed by atoms with Crippen molar-refractivity contribution in [1.82, 2.24) is 5.32 Å². The van der Waals surface area contributed by atoms with E-state index in [4.69, 9.17) is 9.73 Å². The topological polar surface area (TPSA) is 33.6 Å². The molecule has 0 aromatic heterocycles. The number of benzene rings is 1. The highest BCUT2D eigenvalue weighted by Gasteiger charge is 2.26. The molecule has 0 spiro atoms. The Bertz CT molecular complexity index is 507. The minimum absolute atomic E-state index is 0.310. The van der Waals surface area contributed by atoms with Crippen molar-refractivity contribution in [2.45, 2.75) is 70.8 Å². The Labute approximate surface area is 146 Å². The molecule has 1 N–H and O–H groups in total. The summed E-state index contributed by atoms with van der Waals surface area (Å²) < 4.78 is 5.60. The van der Waals surface area contributed by atoms with Gasteiger partial charge in [-0.3, -0.25) is 4.99 Å². The fourth-order valence-electron chi connectivity index (χ4n) is 4.02. The number of nitrogens with one attached hydrogen (secondary N) is 1. The van der Waals surface area contributed by atoms with Gasteiger partial charge < -0.3 is 10.1 Å². The average Bonchev–Trinajstić information content (AvgIpc) is 3.09. The van der Waals surface area contributed by atoms with Gasteiger partial charge in [-0.15, -0.1) is 0 Å². The zero-order chi connectivity index (χ0) is 16.6. The van der Waals surface area contributed by atoms with Crippen molar-refractivity contribution in [1.29, 1.82) is 0 Å². The molecule has 24 heavy (non-hydrogen) atoms. The maximum absolute atomic E-state index is 5.60. The Morgan fingerprint density at radius 2 is 1.79 bits per heavy atom. The Morgan fingerprint density at radius 3 is 2.54 bits per heavy atom. The van der Waals surface area contributed by atoms with Crippen LogP contribution in [0.15, 0.2) is 29.3 Å². The van der Waals surface area contributed by atoms with Crippen LogP contribution in [-0.4, -0.2) is 19.0 Å². The molecular weight excluding hydrogens is 296 g/mol. The number of aliphatic imine (C=N–C) groups is 1. The largest absolute Gasteiger partial charge is 0.494 e. The first-order valence-electron chi connectivity index (χ1n) is 9.90. The van der Waals surface area contributed by atoms with Gasteiger partial charge in [-0.1, -0.05) is 37.8 Å². The summed E-state index contributed by atoms with van der Waals surface area (Å²) in [5.41, 5.74) is 1.35. The van der Waals surface area contributed by atoms with Crippen molar-refractivity contribution in [3.8, 4) is 5.75 Å². The number of hydrogen-bond donors (Lipinski definition) is 1. The molecule has 3 heteroatoms. The summed E-state index contributed by atoms with van der Waals surface area (Å²) in [6, 6.07) is 8.96. The van der Waals surface area contributed by atoms with Gasteiger partial charge in [0.05, 0.1) is 18.5 Å². The Balaban J connectivity index is 1.79. The molecule has 1 saturated carbocycles. The molecule has 0 radical (unpaired) electrons. The molecule has 1 heterocycles. The molecule has 1 aliphatic carbocycles. The van der Waals surface area contributed by atoms with Crippen molar-refractivity contribution in [3.63, 3.8) is 0 Å². The smallest absolute Gasteiger partial charge is 0.119 e. The van der Waals surface area contributed by atoms with E-state index in [9.17, 15) is 0 Å². The van der Waals surface area contributed by atoms with Gasteiger partial charge in [-0.25, -0.2) is 0 Å². The second-order valence-corrected chi connectivity index (χ2v) is 7.16. The molecule has 1 aromatic carbocycles. The lowest BCUT2D eigenvalue weighted by molar-refractivity contribution is 0.340. The van der Waals surface area contributed by atoms with Gasteiger partial charge in [0, 0.05) is 13.0 Å². The van der Waals surface area contributed by atoms with Crippen LogP contribution in [0.1, 0.15) is 76.3 Å². The van der Waals surface area contributed by atoms with Crippen LogP contribution in [0.3, 0.4) is 0 Å². The van der Waals surface area contributed by atoms with Gasteiger partial charge in [0.15, 0.2) is 0 Å². The fourth-order valence-corrected chi connectivity index (χ4v) is 4.02. The zero-order valence-electron chi connectivity index (χ0n) is 15.1. The molecule has 0 amide bonds. The summed E-state index contributed by atoms with van der Waals surface area (Å²) in [6.07, 6.45) is 11.7. The summed E-state index contributed by atoms with van der Waals surface area (Å²) >= 11 is 0. The fraction of sp³-hybridized carbons (Fsp3) is 0.667. The number of ether oxygens (including phenoxy) is 1. The first-order chi connectivity index (χ1) is 11.9. The van der Waals surface area contributed by atoms with Crippen molar-refractivity contribution in [3.05, 3.63) is 29.8 Å². The van der Waals surface area contributed by atoms with Gasteiger partial charge in [-0.2, -0.15) is 0 Å². The molecule has 1 atom stereocenters. The molecule has 1 aliphatic heterocycles. The summed E-state index contributed by atoms with van der Waals surface area (Å²) in [4.78, 5) is 5.23. The van der Waals surface area contributed by atoms with E-state index in [2.05, 4.69) is 29.6 Å².